The third-order valence-corrected chi connectivity index (χ3v) is 2.59. The molecule has 1 aliphatic heterocycles. The Morgan fingerprint density at radius 2 is 2.43 bits per heavy atom. The number of anilines is 1. The van der Waals surface area contributed by atoms with Crippen molar-refractivity contribution >= 4 is 17.4 Å². The minimum Gasteiger partial charge on any atom is -0.362 e. The van der Waals surface area contributed by atoms with E-state index in [4.69, 9.17) is 11.6 Å². The van der Waals surface area contributed by atoms with Crippen molar-refractivity contribution in [2.24, 2.45) is 0 Å². The molecule has 1 aromatic rings. The Morgan fingerprint density at radius 3 is 3.07 bits per heavy atom. The van der Waals surface area contributed by atoms with Crippen LogP contribution in [0.15, 0.2) is 12.4 Å². The van der Waals surface area contributed by atoms with E-state index in [0.717, 1.165) is 25.3 Å². The van der Waals surface area contributed by atoms with Crippen LogP contribution in [0.25, 0.3) is 0 Å². The zero-order valence-corrected chi connectivity index (χ0v) is 8.80. The molecule has 4 nitrogen and oxygen atoms in total. The van der Waals surface area contributed by atoms with E-state index in [1.54, 1.807) is 6.20 Å². The third-order valence-electron chi connectivity index (χ3n) is 2.40. The molecule has 0 bridgehead atoms. The van der Waals surface area contributed by atoms with Crippen LogP contribution in [0.5, 0.6) is 0 Å². The molecule has 1 aliphatic rings. The van der Waals surface area contributed by atoms with Crippen LogP contribution in [0.2, 0.25) is 5.15 Å². The summed E-state index contributed by atoms with van der Waals surface area (Å²) in [5.41, 5.74) is 0.0688. The highest BCUT2D eigenvalue weighted by Crippen LogP contribution is 2.19. The average Bonchev–Trinajstić information content (AvgIpc) is 2.51. The van der Waals surface area contributed by atoms with E-state index in [2.05, 4.69) is 27.5 Å². The second kappa shape index (κ2) is 3.71. The number of hydrogen-bond acceptors (Lipinski definition) is 4. The van der Waals surface area contributed by atoms with Crippen LogP contribution in [-0.4, -0.2) is 28.6 Å². The van der Waals surface area contributed by atoms with Crippen LogP contribution in [0.4, 0.5) is 5.82 Å². The van der Waals surface area contributed by atoms with Gasteiger partial charge >= 0.3 is 0 Å². The number of aromatic nitrogens is 2. The van der Waals surface area contributed by atoms with E-state index >= 15 is 0 Å². The van der Waals surface area contributed by atoms with Crippen LogP contribution >= 0.6 is 11.6 Å². The van der Waals surface area contributed by atoms with E-state index in [0.29, 0.717) is 5.15 Å². The minimum absolute atomic E-state index is 0.0688. The zero-order valence-electron chi connectivity index (χ0n) is 8.05. The SMILES string of the molecule is CC1(Nc2cncc(Cl)n2)CCNC1. The van der Waals surface area contributed by atoms with Gasteiger partial charge in [-0.25, -0.2) is 4.98 Å². The molecule has 0 radical (unpaired) electrons. The summed E-state index contributed by atoms with van der Waals surface area (Å²) in [6, 6.07) is 0. The fraction of sp³-hybridized carbons (Fsp3) is 0.556. The molecule has 0 saturated carbocycles. The van der Waals surface area contributed by atoms with E-state index < -0.39 is 0 Å². The Morgan fingerprint density at radius 1 is 1.57 bits per heavy atom. The molecule has 1 saturated heterocycles. The molecule has 0 amide bonds. The minimum atomic E-state index is 0.0688. The zero-order chi connectivity index (χ0) is 10.0. The highest BCUT2D eigenvalue weighted by atomic mass is 35.5. The lowest BCUT2D eigenvalue weighted by Gasteiger charge is -2.24. The number of nitrogens with one attached hydrogen (secondary N) is 2. The molecule has 76 valence electrons. The molecule has 1 aromatic heterocycles. The van der Waals surface area contributed by atoms with E-state index in [-0.39, 0.29) is 5.54 Å². The van der Waals surface area contributed by atoms with Crippen molar-refractivity contribution in [1.82, 2.24) is 15.3 Å². The summed E-state index contributed by atoms with van der Waals surface area (Å²) in [7, 11) is 0. The van der Waals surface area contributed by atoms with Gasteiger partial charge in [0.05, 0.1) is 12.4 Å². The molecule has 1 unspecified atom stereocenters. The lowest BCUT2D eigenvalue weighted by molar-refractivity contribution is 0.564. The first-order chi connectivity index (χ1) is 6.68. The summed E-state index contributed by atoms with van der Waals surface area (Å²) in [4.78, 5) is 8.13. The van der Waals surface area contributed by atoms with Gasteiger partial charge in [-0.15, -0.1) is 0 Å². The summed E-state index contributed by atoms with van der Waals surface area (Å²) in [5, 5.41) is 7.06. The molecule has 14 heavy (non-hydrogen) atoms. The molecule has 0 aliphatic carbocycles. The van der Waals surface area contributed by atoms with Gasteiger partial charge in [0.25, 0.3) is 0 Å². The van der Waals surface area contributed by atoms with Crippen LogP contribution in [0.3, 0.4) is 0 Å². The first kappa shape index (κ1) is 9.68. The summed E-state index contributed by atoms with van der Waals surface area (Å²) < 4.78 is 0. The van der Waals surface area contributed by atoms with E-state index in [1.807, 2.05) is 0 Å². The van der Waals surface area contributed by atoms with Gasteiger partial charge in [-0.3, -0.25) is 4.98 Å². The van der Waals surface area contributed by atoms with E-state index in [1.165, 1.54) is 6.20 Å². The molecule has 1 fully saturated rings. The fourth-order valence-corrected chi connectivity index (χ4v) is 1.78. The van der Waals surface area contributed by atoms with Gasteiger partial charge in [-0.05, 0) is 19.9 Å². The van der Waals surface area contributed by atoms with Crippen molar-refractivity contribution in [3.05, 3.63) is 17.5 Å². The molecule has 2 heterocycles. The van der Waals surface area contributed by atoms with Gasteiger partial charge in [0.1, 0.15) is 11.0 Å². The van der Waals surface area contributed by atoms with Crippen molar-refractivity contribution < 1.29 is 0 Å². The summed E-state index contributed by atoms with van der Waals surface area (Å²) in [6.45, 7) is 4.15. The number of halogens is 1. The first-order valence-corrected chi connectivity index (χ1v) is 5.02. The Hall–Kier alpha value is -0.870. The smallest absolute Gasteiger partial charge is 0.149 e. The van der Waals surface area contributed by atoms with Crippen molar-refractivity contribution in [1.29, 1.82) is 0 Å². The van der Waals surface area contributed by atoms with Gasteiger partial charge in [-0.1, -0.05) is 11.6 Å². The summed E-state index contributed by atoms with van der Waals surface area (Å²) >= 11 is 5.75. The molecule has 2 N–H and O–H groups in total. The molecule has 1 atom stereocenters. The second-order valence-corrected chi connectivity index (χ2v) is 4.23. The van der Waals surface area contributed by atoms with Crippen LogP contribution in [0, 0.1) is 0 Å². The highest BCUT2D eigenvalue weighted by Gasteiger charge is 2.28. The van der Waals surface area contributed by atoms with Gasteiger partial charge < -0.3 is 10.6 Å². The standard InChI is InChI=1S/C9H13ClN4/c1-9(2-3-11-6-9)14-8-5-12-4-7(10)13-8/h4-5,11H,2-3,6H2,1H3,(H,13,14). The normalized spacial score (nSPS) is 26.4. The predicted octanol–water partition coefficient (Wildman–Crippen LogP) is 1.29. The molecule has 5 heteroatoms. The average molecular weight is 213 g/mol. The van der Waals surface area contributed by atoms with Crippen molar-refractivity contribution in [2.75, 3.05) is 18.4 Å². The second-order valence-electron chi connectivity index (χ2n) is 3.84. The molecule has 2 rings (SSSR count). The van der Waals surface area contributed by atoms with Crippen molar-refractivity contribution in [2.45, 2.75) is 18.9 Å². The third kappa shape index (κ3) is 2.13. The predicted molar refractivity (Wildman–Crippen MR) is 56.6 cm³/mol. The number of hydrogen-bond donors (Lipinski definition) is 2. The number of nitrogens with zero attached hydrogens (tertiary/aromatic N) is 2. The van der Waals surface area contributed by atoms with Crippen LogP contribution < -0.4 is 10.6 Å². The van der Waals surface area contributed by atoms with Gasteiger partial charge in [0.2, 0.25) is 0 Å². The maximum absolute atomic E-state index is 5.75. The highest BCUT2D eigenvalue weighted by molar-refractivity contribution is 6.29. The van der Waals surface area contributed by atoms with Crippen molar-refractivity contribution in [3.8, 4) is 0 Å². The Bertz CT molecular complexity index is 322. The topological polar surface area (TPSA) is 49.8 Å². The van der Waals surface area contributed by atoms with Gasteiger partial charge in [-0.2, -0.15) is 0 Å². The molecule has 0 spiro atoms. The first-order valence-electron chi connectivity index (χ1n) is 4.64. The Kier molecular flexibility index (Phi) is 2.56. The number of rotatable bonds is 2. The molecular weight excluding hydrogens is 200 g/mol. The Labute approximate surface area is 88.1 Å². The van der Waals surface area contributed by atoms with E-state index in [9.17, 15) is 0 Å². The summed E-state index contributed by atoms with van der Waals surface area (Å²) in [6.07, 6.45) is 4.30. The van der Waals surface area contributed by atoms with Gasteiger partial charge in [0.15, 0.2) is 0 Å². The maximum Gasteiger partial charge on any atom is 0.149 e. The summed E-state index contributed by atoms with van der Waals surface area (Å²) in [5.74, 6) is 0.740. The fourth-order valence-electron chi connectivity index (χ4n) is 1.64. The van der Waals surface area contributed by atoms with Gasteiger partial charge in [0, 0.05) is 12.1 Å². The Balaban J connectivity index is 2.10. The monoisotopic (exact) mass is 212 g/mol. The largest absolute Gasteiger partial charge is 0.362 e. The maximum atomic E-state index is 5.75. The van der Waals surface area contributed by atoms with Crippen molar-refractivity contribution in [3.63, 3.8) is 0 Å². The van der Waals surface area contributed by atoms with Crippen LogP contribution in [-0.2, 0) is 0 Å². The lowest BCUT2D eigenvalue weighted by atomic mass is 10.0. The molecular formula is C9H13ClN4. The van der Waals surface area contributed by atoms with Crippen LogP contribution in [0.1, 0.15) is 13.3 Å². The molecule has 0 aromatic carbocycles. The quantitative estimate of drug-likeness (QED) is 0.776. The lowest BCUT2D eigenvalue weighted by Crippen LogP contribution is -2.37.